The van der Waals surface area contributed by atoms with Gasteiger partial charge >= 0.3 is 0 Å². The summed E-state index contributed by atoms with van der Waals surface area (Å²) in [5, 5.41) is 7.40. The average Bonchev–Trinajstić information content (AvgIpc) is 3.51. The fraction of sp³-hybridized carbons (Fsp3) is 0. The first-order valence-electron chi connectivity index (χ1n) is 15.8. The number of furan rings is 1. The number of hydrogen-bond donors (Lipinski definition) is 0. The Balaban J connectivity index is 1.24. The van der Waals surface area contributed by atoms with Crippen LogP contribution < -0.4 is 4.90 Å². The SMILES string of the molecule is Clc1cc(N(c2ccccc2)c2ccc(-c3cc(-c4ccccc4)cc4ccccc34)cc2)c2c(c1)oc1c3ccccc3ccc12. The summed E-state index contributed by atoms with van der Waals surface area (Å²) in [6.07, 6.45) is 0. The van der Waals surface area contributed by atoms with E-state index in [-0.39, 0.29) is 0 Å². The highest BCUT2D eigenvalue weighted by Crippen LogP contribution is 2.46. The highest BCUT2D eigenvalue weighted by atomic mass is 35.5. The predicted octanol–water partition coefficient (Wildman–Crippen LogP) is 13.3. The highest BCUT2D eigenvalue weighted by molar-refractivity contribution is 6.33. The zero-order chi connectivity index (χ0) is 31.3. The molecule has 0 saturated carbocycles. The van der Waals surface area contributed by atoms with Gasteiger partial charge in [0.1, 0.15) is 11.2 Å². The lowest BCUT2D eigenvalue weighted by Crippen LogP contribution is -2.10. The summed E-state index contributed by atoms with van der Waals surface area (Å²) in [6, 6.07) is 59.8. The van der Waals surface area contributed by atoms with Gasteiger partial charge in [0.05, 0.1) is 11.1 Å². The summed E-state index contributed by atoms with van der Waals surface area (Å²) in [5.41, 5.74) is 9.45. The van der Waals surface area contributed by atoms with Gasteiger partial charge in [-0.3, -0.25) is 0 Å². The lowest BCUT2D eigenvalue weighted by Gasteiger charge is -2.26. The molecule has 47 heavy (non-hydrogen) atoms. The van der Waals surface area contributed by atoms with E-state index in [4.69, 9.17) is 16.0 Å². The van der Waals surface area contributed by atoms with Crippen LogP contribution in [0.25, 0.3) is 65.7 Å². The molecule has 8 aromatic carbocycles. The monoisotopic (exact) mass is 621 g/mol. The van der Waals surface area contributed by atoms with Crippen molar-refractivity contribution in [3.8, 4) is 22.3 Å². The topological polar surface area (TPSA) is 16.4 Å². The molecule has 0 radical (unpaired) electrons. The Labute approximate surface area is 277 Å². The minimum Gasteiger partial charge on any atom is -0.455 e. The Morgan fingerprint density at radius 2 is 1.11 bits per heavy atom. The second-order valence-electron chi connectivity index (χ2n) is 11.9. The van der Waals surface area contributed by atoms with E-state index in [9.17, 15) is 0 Å². The Morgan fingerprint density at radius 3 is 1.89 bits per heavy atom. The van der Waals surface area contributed by atoms with Crippen LogP contribution >= 0.6 is 11.6 Å². The third kappa shape index (κ3) is 4.74. The highest BCUT2D eigenvalue weighted by Gasteiger charge is 2.21. The van der Waals surface area contributed by atoms with Crippen LogP contribution in [0.4, 0.5) is 17.1 Å². The quantitative estimate of drug-likeness (QED) is 0.190. The molecule has 0 fully saturated rings. The predicted molar refractivity (Wildman–Crippen MR) is 199 cm³/mol. The van der Waals surface area contributed by atoms with Crippen molar-refractivity contribution >= 4 is 72.1 Å². The molecule has 9 rings (SSSR count). The van der Waals surface area contributed by atoms with Crippen molar-refractivity contribution in [1.82, 2.24) is 0 Å². The Morgan fingerprint density at radius 1 is 0.447 bits per heavy atom. The van der Waals surface area contributed by atoms with E-state index >= 15 is 0 Å². The standard InChI is InChI=1S/C44H28ClNO/c45-34-27-41(43-39-24-21-30-13-7-10-18-38(30)44(39)47-42(43)28-34)46(35-15-5-2-6-16-35)36-22-19-31(20-23-36)40-26-33(29-11-3-1-4-12-29)25-32-14-8-9-17-37(32)40/h1-28H. The zero-order valence-electron chi connectivity index (χ0n) is 25.4. The maximum atomic E-state index is 6.83. The van der Waals surface area contributed by atoms with E-state index < -0.39 is 0 Å². The van der Waals surface area contributed by atoms with Crippen LogP contribution in [0.1, 0.15) is 0 Å². The van der Waals surface area contributed by atoms with Crippen molar-refractivity contribution in [2.75, 3.05) is 4.90 Å². The van der Waals surface area contributed by atoms with Crippen LogP contribution in [0.5, 0.6) is 0 Å². The minimum absolute atomic E-state index is 0.623. The van der Waals surface area contributed by atoms with Gasteiger partial charge in [0.2, 0.25) is 0 Å². The van der Waals surface area contributed by atoms with E-state index in [2.05, 4.69) is 157 Å². The summed E-state index contributed by atoms with van der Waals surface area (Å²) in [6.45, 7) is 0. The molecule has 0 spiro atoms. The van der Waals surface area contributed by atoms with Crippen LogP contribution in [0.15, 0.2) is 174 Å². The summed E-state index contributed by atoms with van der Waals surface area (Å²) in [5.74, 6) is 0. The van der Waals surface area contributed by atoms with Crippen molar-refractivity contribution in [3.63, 3.8) is 0 Å². The Hall–Kier alpha value is -5.83. The van der Waals surface area contributed by atoms with Gasteiger partial charge in [-0.2, -0.15) is 0 Å². The molecule has 9 aromatic rings. The molecule has 1 heterocycles. The molecule has 0 aliphatic heterocycles. The number of para-hydroxylation sites is 1. The van der Waals surface area contributed by atoms with E-state index in [0.29, 0.717) is 5.02 Å². The summed E-state index contributed by atoms with van der Waals surface area (Å²) in [4.78, 5) is 2.28. The molecule has 0 N–H and O–H groups in total. The van der Waals surface area contributed by atoms with Gasteiger partial charge in [-0.1, -0.05) is 127 Å². The summed E-state index contributed by atoms with van der Waals surface area (Å²) < 4.78 is 6.56. The number of benzene rings is 8. The maximum absolute atomic E-state index is 6.83. The molecule has 2 nitrogen and oxygen atoms in total. The number of nitrogens with zero attached hydrogens (tertiary/aromatic N) is 1. The lowest BCUT2D eigenvalue weighted by molar-refractivity contribution is 0.673. The van der Waals surface area contributed by atoms with E-state index in [1.807, 2.05) is 18.2 Å². The van der Waals surface area contributed by atoms with Crippen molar-refractivity contribution in [2.24, 2.45) is 0 Å². The van der Waals surface area contributed by atoms with Gasteiger partial charge in [-0.25, -0.2) is 0 Å². The molecular weight excluding hydrogens is 594 g/mol. The summed E-state index contributed by atoms with van der Waals surface area (Å²) in [7, 11) is 0. The Kier molecular flexibility index (Phi) is 6.55. The number of anilines is 3. The largest absolute Gasteiger partial charge is 0.455 e. The van der Waals surface area contributed by atoms with Crippen LogP contribution in [0.2, 0.25) is 5.02 Å². The molecule has 222 valence electrons. The number of fused-ring (bicyclic) bond motifs is 6. The molecule has 0 aliphatic carbocycles. The number of halogens is 1. The van der Waals surface area contributed by atoms with Gasteiger partial charge in [-0.05, 0) is 86.9 Å². The fourth-order valence-electron chi connectivity index (χ4n) is 6.90. The van der Waals surface area contributed by atoms with Gasteiger partial charge in [-0.15, -0.1) is 0 Å². The molecule has 0 bridgehead atoms. The van der Waals surface area contributed by atoms with Crippen molar-refractivity contribution in [1.29, 1.82) is 0 Å². The molecule has 0 aliphatic rings. The van der Waals surface area contributed by atoms with Crippen molar-refractivity contribution < 1.29 is 4.42 Å². The van der Waals surface area contributed by atoms with E-state index in [1.54, 1.807) is 0 Å². The average molecular weight is 622 g/mol. The second-order valence-corrected chi connectivity index (χ2v) is 12.3. The zero-order valence-corrected chi connectivity index (χ0v) is 26.2. The normalized spacial score (nSPS) is 11.5. The molecular formula is C44H28ClNO. The third-order valence-corrected chi connectivity index (χ3v) is 9.29. The lowest BCUT2D eigenvalue weighted by atomic mass is 9.93. The second kappa shape index (κ2) is 11.2. The molecule has 0 atom stereocenters. The first-order valence-corrected chi connectivity index (χ1v) is 16.2. The first kappa shape index (κ1) is 27.5. The van der Waals surface area contributed by atoms with Crippen LogP contribution in [0, 0.1) is 0 Å². The summed E-state index contributed by atoms with van der Waals surface area (Å²) >= 11 is 6.83. The van der Waals surface area contributed by atoms with Crippen LogP contribution in [-0.4, -0.2) is 0 Å². The van der Waals surface area contributed by atoms with Crippen LogP contribution in [-0.2, 0) is 0 Å². The number of hydrogen-bond acceptors (Lipinski definition) is 2. The molecule has 3 heteroatoms. The molecule has 0 amide bonds. The van der Waals surface area contributed by atoms with Gasteiger partial charge in [0.25, 0.3) is 0 Å². The van der Waals surface area contributed by atoms with Gasteiger partial charge < -0.3 is 9.32 Å². The first-order chi connectivity index (χ1) is 23.2. The minimum atomic E-state index is 0.623. The van der Waals surface area contributed by atoms with Gasteiger partial charge in [0, 0.05) is 33.2 Å². The smallest absolute Gasteiger partial charge is 0.143 e. The van der Waals surface area contributed by atoms with E-state index in [0.717, 1.165) is 55.3 Å². The number of rotatable bonds is 5. The fourth-order valence-corrected chi connectivity index (χ4v) is 7.10. The molecule has 1 aromatic heterocycles. The third-order valence-electron chi connectivity index (χ3n) is 9.07. The van der Waals surface area contributed by atoms with Crippen molar-refractivity contribution in [3.05, 3.63) is 175 Å². The van der Waals surface area contributed by atoms with Gasteiger partial charge in [0.15, 0.2) is 0 Å². The molecule has 0 saturated heterocycles. The molecule has 0 unspecified atom stereocenters. The Bertz CT molecular complexity index is 2570. The van der Waals surface area contributed by atoms with Crippen LogP contribution in [0.3, 0.4) is 0 Å². The van der Waals surface area contributed by atoms with Crippen molar-refractivity contribution in [2.45, 2.75) is 0 Å². The maximum Gasteiger partial charge on any atom is 0.143 e. The van der Waals surface area contributed by atoms with E-state index in [1.165, 1.54) is 27.5 Å².